The lowest BCUT2D eigenvalue weighted by atomic mass is 10.1. The van der Waals surface area contributed by atoms with Crippen LogP contribution in [0.2, 0.25) is 0 Å². The summed E-state index contributed by atoms with van der Waals surface area (Å²) in [6.45, 7) is 7.20. The van der Waals surface area contributed by atoms with E-state index in [1.165, 1.54) is 24.3 Å². The third-order valence-electron chi connectivity index (χ3n) is 4.67. The Morgan fingerprint density at radius 2 is 1.66 bits per heavy atom. The molecule has 2 aromatic carbocycles. The van der Waals surface area contributed by atoms with Crippen molar-refractivity contribution >= 4 is 27.6 Å². The van der Waals surface area contributed by atoms with E-state index in [4.69, 9.17) is 4.74 Å². The number of carbonyl (C=O) groups excluding carboxylic acids is 1. The van der Waals surface area contributed by atoms with Crippen molar-refractivity contribution in [2.24, 2.45) is 0 Å². The Kier molecular flexibility index (Phi) is 7.09. The van der Waals surface area contributed by atoms with E-state index in [1.54, 1.807) is 26.8 Å². The summed E-state index contributed by atoms with van der Waals surface area (Å²) in [7, 11) is -3.87. The third kappa shape index (κ3) is 5.82. The third-order valence-corrected chi connectivity index (χ3v) is 6.01. The molecule has 0 aliphatic carbocycles. The van der Waals surface area contributed by atoms with E-state index < -0.39 is 16.1 Å². The number of para-hydroxylation sites is 1. The highest BCUT2D eigenvalue weighted by atomic mass is 32.2. The number of aromatic nitrogens is 2. The number of rotatable bonds is 8. The first-order valence-electron chi connectivity index (χ1n) is 10.2. The molecule has 1 atom stereocenters. The maximum Gasteiger partial charge on any atom is 0.265 e. The summed E-state index contributed by atoms with van der Waals surface area (Å²) in [6, 6.07) is 15.1. The lowest BCUT2D eigenvalue weighted by molar-refractivity contribution is -0.122. The number of anilines is 2. The maximum atomic E-state index is 12.6. The van der Waals surface area contributed by atoms with Crippen LogP contribution in [0.3, 0.4) is 0 Å². The summed E-state index contributed by atoms with van der Waals surface area (Å²) in [5.41, 5.74) is 2.79. The quantitative estimate of drug-likeness (QED) is 0.535. The van der Waals surface area contributed by atoms with Crippen molar-refractivity contribution in [2.75, 3.05) is 10.0 Å². The van der Waals surface area contributed by atoms with E-state index in [0.717, 1.165) is 12.0 Å². The molecule has 1 heterocycles. The second kappa shape index (κ2) is 9.78. The average molecular weight is 455 g/mol. The van der Waals surface area contributed by atoms with Crippen molar-refractivity contribution in [3.63, 3.8) is 0 Å². The second-order valence-corrected chi connectivity index (χ2v) is 9.00. The molecule has 0 fully saturated rings. The highest BCUT2D eigenvalue weighted by Crippen LogP contribution is 2.21. The number of aryl methyl sites for hydroxylation is 3. The van der Waals surface area contributed by atoms with E-state index >= 15 is 0 Å². The van der Waals surface area contributed by atoms with Gasteiger partial charge in [0.25, 0.3) is 15.9 Å². The molecule has 9 heteroatoms. The molecule has 3 rings (SSSR count). The Bertz CT molecular complexity index is 1190. The predicted octanol–water partition coefficient (Wildman–Crippen LogP) is 3.86. The second-order valence-electron chi connectivity index (χ2n) is 7.31. The van der Waals surface area contributed by atoms with Gasteiger partial charge in [-0.05, 0) is 69.2 Å². The van der Waals surface area contributed by atoms with Crippen LogP contribution in [-0.4, -0.2) is 30.4 Å². The van der Waals surface area contributed by atoms with Gasteiger partial charge in [-0.25, -0.2) is 23.1 Å². The predicted molar refractivity (Wildman–Crippen MR) is 123 cm³/mol. The van der Waals surface area contributed by atoms with Crippen LogP contribution in [0.1, 0.15) is 30.8 Å². The molecule has 0 unspecified atom stereocenters. The number of sulfonamides is 1. The molecule has 0 aliphatic rings. The molecule has 0 aliphatic heterocycles. The van der Waals surface area contributed by atoms with Crippen molar-refractivity contribution in [3.05, 3.63) is 71.5 Å². The van der Waals surface area contributed by atoms with Crippen LogP contribution in [0.25, 0.3) is 0 Å². The zero-order valence-corrected chi connectivity index (χ0v) is 19.2. The number of benzene rings is 2. The standard InChI is InChI=1S/C23H26N4O4S/c1-5-18-8-6-7-9-21(18)31-17(4)22(28)26-19-10-12-20(13-11-19)32(29,30)27-23-24-15(2)14-16(3)25-23/h6-14,17H,5H2,1-4H3,(H,26,28)(H,24,25,27)/t17-/m0/s1. The molecule has 168 valence electrons. The van der Waals surface area contributed by atoms with Crippen molar-refractivity contribution in [1.82, 2.24) is 9.97 Å². The molecule has 2 N–H and O–H groups in total. The Morgan fingerprint density at radius 1 is 1.03 bits per heavy atom. The molecule has 8 nitrogen and oxygen atoms in total. The maximum absolute atomic E-state index is 12.6. The summed E-state index contributed by atoms with van der Waals surface area (Å²) in [5.74, 6) is 0.338. The minimum atomic E-state index is -3.87. The first-order valence-corrected chi connectivity index (χ1v) is 11.7. The van der Waals surface area contributed by atoms with Gasteiger partial charge < -0.3 is 10.1 Å². The topological polar surface area (TPSA) is 110 Å². The largest absolute Gasteiger partial charge is 0.481 e. The van der Waals surface area contributed by atoms with E-state index in [1.807, 2.05) is 31.2 Å². The van der Waals surface area contributed by atoms with Gasteiger partial charge in [-0.2, -0.15) is 0 Å². The zero-order valence-electron chi connectivity index (χ0n) is 18.4. The Hall–Kier alpha value is -3.46. The molecule has 0 spiro atoms. The molecule has 0 saturated heterocycles. The molecule has 0 radical (unpaired) electrons. The number of hydrogen-bond acceptors (Lipinski definition) is 6. The molecular weight excluding hydrogens is 428 g/mol. The van der Waals surface area contributed by atoms with Gasteiger partial charge in [-0.3, -0.25) is 4.79 Å². The van der Waals surface area contributed by atoms with E-state index in [0.29, 0.717) is 22.8 Å². The molecule has 3 aromatic rings. The van der Waals surface area contributed by atoms with Gasteiger partial charge in [0.2, 0.25) is 5.95 Å². The molecular formula is C23H26N4O4S. The Balaban J connectivity index is 1.66. The smallest absolute Gasteiger partial charge is 0.265 e. The highest BCUT2D eigenvalue weighted by molar-refractivity contribution is 7.92. The molecule has 1 aromatic heterocycles. The van der Waals surface area contributed by atoms with Crippen LogP contribution >= 0.6 is 0 Å². The van der Waals surface area contributed by atoms with Gasteiger partial charge in [0, 0.05) is 17.1 Å². The van der Waals surface area contributed by atoms with Crippen LogP contribution in [0.4, 0.5) is 11.6 Å². The monoisotopic (exact) mass is 454 g/mol. The van der Waals surface area contributed by atoms with Crippen LogP contribution in [0.15, 0.2) is 59.5 Å². The normalized spacial score (nSPS) is 12.1. The first kappa shape index (κ1) is 23.2. The number of ether oxygens (including phenoxy) is 1. The van der Waals surface area contributed by atoms with Crippen molar-refractivity contribution in [2.45, 2.75) is 45.1 Å². The summed E-state index contributed by atoms with van der Waals surface area (Å²) in [6.07, 6.45) is 0.0660. The molecule has 0 bridgehead atoms. The van der Waals surface area contributed by atoms with Crippen molar-refractivity contribution in [3.8, 4) is 5.75 Å². The van der Waals surface area contributed by atoms with Gasteiger partial charge in [0.15, 0.2) is 6.10 Å². The fourth-order valence-electron chi connectivity index (χ4n) is 3.07. The fraction of sp³-hybridized carbons (Fsp3) is 0.261. The van der Waals surface area contributed by atoms with Gasteiger partial charge in [-0.15, -0.1) is 0 Å². The molecule has 1 amide bonds. The van der Waals surface area contributed by atoms with Gasteiger partial charge in [-0.1, -0.05) is 25.1 Å². The van der Waals surface area contributed by atoms with Gasteiger partial charge in [0.05, 0.1) is 4.90 Å². The molecule has 32 heavy (non-hydrogen) atoms. The van der Waals surface area contributed by atoms with E-state index in [2.05, 4.69) is 20.0 Å². The first-order chi connectivity index (χ1) is 15.2. The SMILES string of the molecule is CCc1ccccc1O[C@@H](C)C(=O)Nc1ccc(S(=O)(=O)Nc2nc(C)cc(C)n2)cc1. The number of carbonyl (C=O) groups is 1. The minimum Gasteiger partial charge on any atom is -0.481 e. The van der Waals surface area contributed by atoms with E-state index in [9.17, 15) is 13.2 Å². The Labute approximate surface area is 188 Å². The summed E-state index contributed by atoms with van der Waals surface area (Å²) in [5, 5.41) is 2.74. The lowest BCUT2D eigenvalue weighted by Gasteiger charge is -2.17. The van der Waals surface area contributed by atoms with E-state index in [-0.39, 0.29) is 16.8 Å². The number of amides is 1. The Morgan fingerprint density at radius 3 is 2.28 bits per heavy atom. The van der Waals surface area contributed by atoms with Crippen LogP contribution < -0.4 is 14.8 Å². The van der Waals surface area contributed by atoms with Crippen LogP contribution in [-0.2, 0) is 21.2 Å². The minimum absolute atomic E-state index is 0.0122. The number of nitrogens with zero attached hydrogens (tertiary/aromatic N) is 2. The highest BCUT2D eigenvalue weighted by Gasteiger charge is 2.18. The summed E-state index contributed by atoms with van der Waals surface area (Å²) in [4.78, 5) is 20.7. The van der Waals surface area contributed by atoms with Crippen LogP contribution in [0, 0.1) is 13.8 Å². The van der Waals surface area contributed by atoms with Crippen LogP contribution in [0.5, 0.6) is 5.75 Å². The fourth-order valence-corrected chi connectivity index (χ4v) is 4.01. The number of hydrogen-bond donors (Lipinski definition) is 2. The number of nitrogens with one attached hydrogen (secondary N) is 2. The van der Waals surface area contributed by atoms with Crippen molar-refractivity contribution in [1.29, 1.82) is 0 Å². The molecule has 0 saturated carbocycles. The van der Waals surface area contributed by atoms with Gasteiger partial charge >= 0.3 is 0 Å². The van der Waals surface area contributed by atoms with Crippen molar-refractivity contribution < 1.29 is 17.9 Å². The summed E-state index contributed by atoms with van der Waals surface area (Å²) >= 11 is 0. The van der Waals surface area contributed by atoms with Gasteiger partial charge in [0.1, 0.15) is 5.75 Å². The average Bonchev–Trinajstić information content (AvgIpc) is 2.73. The lowest BCUT2D eigenvalue weighted by Crippen LogP contribution is -2.30. The zero-order chi connectivity index (χ0) is 23.3. The summed E-state index contributed by atoms with van der Waals surface area (Å²) < 4.78 is 33.4.